The first-order valence-electron chi connectivity index (χ1n) is 6.78. The molecule has 4 heteroatoms. The molecule has 100 valence electrons. The molecule has 0 aromatic carbocycles. The minimum absolute atomic E-state index is 0.00676. The molecule has 1 heterocycles. The standard InChI is InChI=1S/C14H22N2O2/c1-4-6-11-12(17)15-14(3,10-7-8-10)13(18)16(11)9-5-2/h5,10-11H,2,4,6-9H2,1,3H3,(H,15,17). The van der Waals surface area contributed by atoms with E-state index in [9.17, 15) is 9.59 Å². The Morgan fingerprint density at radius 1 is 1.50 bits per heavy atom. The maximum atomic E-state index is 12.6. The largest absolute Gasteiger partial charge is 0.340 e. The maximum absolute atomic E-state index is 12.6. The lowest BCUT2D eigenvalue weighted by Crippen LogP contribution is -2.70. The zero-order chi connectivity index (χ0) is 13.3. The van der Waals surface area contributed by atoms with Gasteiger partial charge in [-0.25, -0.2) is 0 Å². The molecule has 2 unspecified atom stereocenters. The van der Waals surface area contributed by atoms with Crippen LogP contribution in [0.5, 0.6) is 0 Å². The first-order chi connectivity index (χ1) is 8.54. The lowest BCUT2D eigenvalue weighted by Gasteiger charge is -2.44. The molecule has 0 spiro atoms. The van der Waals surface area contributed by atoms with Gasteiger partial charge in [0.2, 0.25) is 11.8 Å². The highest BCUT2D eigenvalue weighted by Crippen LogP contribution is 2.42. The van der Waals surface area contributed by atoms with E-state index in [1.807, 2.05) is 13.8 Å². The first kappa shape index (κ1) is 13.1. The third-order valence-electron chi connectivity index (χ3n) is 4.05. The van der Waals surface area contributed by atoms with Crippen LogP contribution in [-0.4, -0.2) is 34.8 Å². The summed E-state index contributed by atoms with van der Waals surface area (Å²) in [5, 5.41) is 2.96. The Balaban J connectivity index is 2.25. The Hall–Kier alpha value is -1.32. The summed E-state index contributed by atoms with van der Waals surface area (Å²) in [4.78, 5) is 26.5. The molecule has 2 aliphatic rings. The van der Waals surface area contributed by atoms with Gasteiger partial charge in [0.05, 0.1) is 0 Å². The smallest absolute Gasteiger partial charge is 0.249 e. The third-order valence-corrected chi connectivity index (χ3v) is 4.05. The van der Waals surface area contributed by atoms with Crippen LogP contribution in [0.15, 0.2) is 12.7 Å². The fourth-order valence-electron chi connectivity index (χ4n) is 2.82. The molecule has 1 aliphatic carbocycles. The fraction of sp³-hybridized carbons (Fsp3) is 0.714. The molecule has 2 rings (SSSR count). The van der Waals surface area contributed by atoms with E-state index < -0.39 is 5.54 Å². The Bertz CT molecular complexity index is 376. The summed E-state index contributed by atoms with van der Waals surface area (Å²) in [7, 11) is 0. The molecule has 1 saturated carbocycles. The summed E-state index contributed by atoms with van der Waals surface area (Å²) in [6.07, 6.45) is 5.36. The second-order valence-electron chi connectivity index (χ2n) is 5.52. The van der Waals surface area contributed by atoms with Gasteiger partial charge in [0.1, 0.15) is 11.6 Å². The van der Waals surface area contributed by atoms with Crippen molar-refractivity contribution in [2.45, 2.75) is 51.1 Å². The zero-order valence-electron chi connectivity index (χ0n) is 11.2. The van der Waals surface area contributed by atoms with Gasteiger partial charge in [-0.2, -0.15) is 0 Å². The van der Waals surface area contributed by atoms with E-state index in [1.54, 1.807) is 11.0 Å². The average Bonchev–Trinajstić information content (AvgIpc) is 3.15. The Morgan fingerprint density at radius 3 is 2.67 bits per heavy atom. The van der Waals surface area contributed by atoms with E-state index in [0.717, 1.165) is 19.3 Å². The summed E-state index contributed by atoms with van der Waals surface area (Å²) < 4.78 is 0. The summed E-state index contributed by atoms with van der Waals surface area (Å²) in [6.45, 7) is 8.04. The van der Waals surface area contributed by atoms with Crippen molar-refractivity contribution < 1.29 is 9.59 Å². The van der Waals surface area contributed by atoms with Gasteiger partial charge in [0.15, 0.2) is 0 Å². The second-order valence-corrected chi connectivity index (χ2v) is 5.52. The number of hydrogen-bond acceptors (Lipinski definition) is 2. The number of carbonyl (C=O) groups is 2. The van der Waals surface area contributed by atoms with Crippen LogP contribution >= 0.6 is 0 Å². The molecule has 1 saturated heterocycles. The van der Waals surface area contributed by atoms with Crippen molar-refractivity contribution in [3.63, 3.8) is 0 Å². The topological polar surface area (TPSA) is 49.4 Å². The van der Waals surface area contributed by atoms with Crippen LogP contribution in [0.4, 0.5) is 0 Å². The van der Waals surface area contributed by atoms with E-state index in [0.29, 0.717) is 18.9 Å². The molecule has 1 N–H and O–H groups in total. The molecule has 0 aromatic rings. The van der Waals surface area contributed by atoms with Gasteiger partial charge in [0.25, 0.3) is 0 Å². The SMILES string of the molecule is C=CCN1C(=O)C(C)(C2CC2)NC(=O)C1CCC. The number of piperazine rings is 1. The van der Waals surface area contributed by atoms with Gasteiger partial charge < -0.3 is 10.2 Å². The van der Waals surface area contributed by atoms with Crippen molar-refractivity contribution in [1.82, 2.24) is 10.2 Å². The van der Waals surface area contributed by atoms with E-state index in [1.165, 1.54) is 0 Å². The first-order valence-corrected chi connectivity index (χ1v) is 6.78. The molecule has 1 aliphatic heterocycles. The zero-order valence-corrected chi connectivity index (χ0v) is 11.2. The normalized spacial score (nSPS) is 32.3. The molecule has 2 atom stereocenters. The van der Waals surface area contributed by atoms with Crippen molar-refractivity contribution in [2.24, 2.45) is 5.92 Å². The Morgan fingerprint density at radius 2 is 2.17 bits per heavy atom. The van der Waals surface area contributed by atoms with E-state index >= 15 is 0 Å². The minimum Gasteiger partial charge on any atom is -0.340 e. The van der Waals surface area contributed by atoms with E-state index in [4.69, 9.17) is 0 Å². The van der Waals surface area contributed by atoms with Gasteiger partial charge in [-0.05, 0) is 32.1 Å². The van der Waals surface area contributed by atoms with Crippen LogP contribution in [0.1, 0.15) is 39.5 Å². The van der Waals surface area contributed by atoms with Crippen LogP contribution in [0.25, 0.3) is 0 Å². The summed E-state index contributed by atoms with van der Waals surface area (Å²) in [6, 6.07) is -0.327. The maximum Gasteiger partial charge on any atom is 0.249 e. The highest BCUT2D eigenvalue weighted by atomic mass is 16.2. The molecule has 2 fully saturated rings. The summed E-state index contributed by atoms with van der Waals surface area (Å²) in [5.74, 6) is 0.361. The third kappa shape index (κ3) is 2.04. The molecule has 0 aromatic heterocycles. The summed E-state index contributed by atoms with van der Waals surface area (Å²) in [5.41, 5.74) is -0.690. The van der Waals surface area contributed by atoms with Crippen LogP contribution < -0.4 is 5.32 Å². The monoisotopic (exact) mass is 250 g/mol. The van der Waals surface area contributed by atoms with Gasteiger partial charge in [-0.3, -0.25) is 9.59 Å². The number of amides is 2. The van der Waals surface area contributed by atoms with Crippen LogP contribution in [0, 0.1) is 5.92 Å². The average molecular weight is 250 g/mol. The predicted molar refractivity (Wildman–Crippen MR) is 69.9 cm³/mol. The molecule has 2 amide bonds. The minimum atomic E-state index is -0.690. The van der Waals surface area contributed by atoms with Crippen LogP contribution in [-0.2, 0) is 9.59 Å². The van der Waals surface area contributed by atoms with Crippen LogP contribution in [0.3, 0.4) is 0 Å². The fourth-order valence-corrected chi connectivity index (χ4v) is 2.82. The number of carbonyl (C=O) groups excluding carboxylic acids is 2. The second kappa shape index (κ2) is 4.75. The number of nitrogens with zero attached hydrogens (tertiary/aromatic N) is 1. The van der Waals surface area contributed by atoms with Crippen molar-refractivity contribution in [2.75, 3.05) is 6.54 Å². The number of rotatable bonds is 5. The lowest BCUT2D eigenvalue weighted by atomic mass is 9.88. The Kier molecular flexibility index (Phi) is 3.46. The quantitative estimate of drug-likeness (QED) is 0.751. The van der Waals surface area contributed by atoms with E-state index in [-0.39, 0.29) is 17.9 Å². The van der Waals surface area contributed by atoms with Crippen molar-refractivity contribution in [3.8, 4) is 0 Å². The molecule has 4 nitrogen and oxygen atoms in total. The molecular formula is C14H22N2O2. The van der Waals surface area contributed by atoms with E-state index in [2.05, 4.69) is 11.9 Å². The number of nitrogens with one attached hydrogen (secondary N) is 1. The number of hydrogen-bond donors (Lipinski definition) is 1. The van der Waals surface area contributed by atoms with Gasteiger partial charge >= 0.3 is 0 Å². The predicted octanol–water partition coefficient (Wildman–Crippen LogP) is 1.47. The van der Waals surface area contributed by atoms with Crippen molar-refractivity contribution in [1.29, 1.82) is 0 Å². The van der Waals surface area contributed by atoms with Crippen LogP contribution in [0.2, 0.25) is 0 Å². The lowest BCUT2D eigenvalue weighted by molar-refractivity contribution is -0.154. The highest BCUT2D eigenvalue weighted by molar-refractivity contribution is 6.00. The van der Waals surface area contributed by atoms with Gasteiger partial charge in [-0.1, -0.05) is 19.4 Å². The highest BCUT2D eigenvalue weighted by Gasteiger charge is 2.54. The Labute approximate surface area is 108 Å². The molecule has 18 heavy (non-hydrogen) atoms. The van der Waals surface area contributed by atoms with Gasteiger partial charge in [0, 0.05) is 6.54 Å². The summed E-state index contributed by atoms with van der Waals surface area (Å²) >= 11 is 0. The van der Waals surface area contributed by atoms with Crippen molar-refractivity contribution >= 4 is 11.8 Å². The van der Waals surface area contributed by atoms with Gasteiger partial charge in [-0.15, -0.1) is 6.58 Å². The molecular weight excluding hydrogens is 228 g/mol. The molecule has 0 bridgehead atoms. The molecule has 0 radical (unpaired) electrons. The van der Waals surface area contributed by atoms with Crippen molar-refractivity contribution in [3.05, 3.63) is 12.7 Å².